The van der Waals surface area contributed by atoms with Crippen LogP contribution in [0.5, 0.6) is 0 Å². The zero-order chi connectivity index (χ0) is 18.4. The molecule has 0 aliphatic carbocycles. The van der Waals surface area contributed by atoms with E-state index in [4.69, 9.17) is 0 Å². The van der Waals surface area contributed by atoms with E-state index in [0.29, 0.717) is 0 Å². The van der Waals surface area contributed by atoms with Crippen molar-refractivity contribution in [3.8, 4) is 0 Å². The van der Waals surface area contributed by atoms with Gasteiger partial charge in [0.05, 0.1) is 0 Å². The number of H-pyrrole nitrogens is 2. The van der Waals surface area contributed by atoms with E-state index in [-0.39, 0.29) is 10.8 Å². The summed E-state index contributed by atoms with van der Waals surface area (Å²) in [4.78, 5) is 6.78. The highest BCUT2D eigenvalue weighted by Crippen LogP contribution is 2.40. The maximum atomic E-state index is 3.44. The quantitative estimate of drug-likeness (QED) is 0.404. The summed E-state index contributed by atoms with van der Waals surface area (Å²) >= 11 is 0. The normalized spacial score (nSPS) is 12.9. The molecule has 0 amide bonds. The number of rotatable bonds is 5. The molecule has 0 aliphatic heterocycles. The van der Waals surface area contributed by atoms with Gasteiger partial charge in [0.2, 0.25) is 0 Å². The van der Waals surface area contributed by atoms with Crippen molar-refractivity contribution in [3.63, 3.8) is 0 Å². The Labute approximate surface area is 155 Å². The van der Waals surface area contributed by atoms with Gasteiger partial charge in [0.1, 0.15) is 0 Å². The second kappa shape index (κ2) is 6.05. The highest BCUT2D eigenvalue weighted by Gasteiger charge is 2.29. The minimum atomic E-state index is 0.128. The lowest BCUT2D eigenvalue weighted by atomic mass is 9.72. The van der Waals surface area contributed by atoms with Gasteiger partial charge in [-0.25, -0.2) is 0 Å². The number of hydrogen-bond acceptors (Lipinski definition) is 0. The number of para-hydroxylation sites is 1. The average Bonchev–Trinajstić information content (AvgIpc) is 3.26. The standard InChI is InChI=1S/C24H28N2/c1-23(2,19-9-7-11-21-18(19)12-15-25-21)13-14-24(3,4)20-16-26-22-10-6-5-8-17(20)22/h5-12,15-16,25-26H,13-14H2,1-4H3. The van der Waals surface area contributed by atoms with E-state index in [1.54, 1.807) is 0 Å². The molecule has 2 nitrogen and oxygen atoms in total. The van der Waals surface area contributed by atoms with Crippen LogP contribution in [0.1, 0.15) is 51.7 Å². The van der Waals surface area contributed by atoms with Gasteiger partial charge in [-0.3, -0.25) is 0 Å². The topological polar surface area (TPSA) is 31.6 Å². The van der Waals surface area contributed by atoms with Crippen LogP contribution in [-0.2, 0) is 10.8 Å². The molecular formula is C24H28N2. The first-order chi connectivity index (χ1) is 12.4. The lowest BCUT2D eigenvalue weighted by molar-refractivity contribution is 0.378. The van der Waals surface area contributed by atoms with Gasteiger partial charge >= 0.3 is 0 Å². The van der Waals surface area contributed by atoms with Gasteiger partial charge in [-0.15, -0.1) is 0 Å². The number of hydrogen-bond donors (Lipinski definition) is 2. The van der Waals surface area contributed by atoms with Crippen LogP contribution in [-0.4, -0.2) is 9.97 Å². The van der Waals surface area contributed by atoms with E-state index < -0.39 is 0 Å². The van der Waals surface area contributed by atoms with Crippen molar-refractivity contribution in [2.45, 2.75) is 51.4 Å². The van der Waals surface area contributed by atoms with E-state index in [9.17, 15) is 0 Å². The van der Waals surface area contributed by atoms with Crippen molar-refractivity contribution in [1.82, 2.24) is 9.97 Å². The molecule has 4 rings (SSSR count). The number of aromatic nitrogens is 2. The van der Waals surface area contributed by atoms with Gasteiger partial charge in [-0.2, -0.15) is 0 Å². The predicted octanol–water partition coefficient (Wildman–Crippen LogP) is 6.68. The third kappa shape index (κ3) is 2.84. The molecule has 0 bridgehead atoms. The summed E-state index contributed by atoms with van der Waals surface area (Å²) in [5.41, 5.74) is 5.57. The van der Waals surface area contributed by atoms with Gasteiger partial charge in [0.25, 0.3) is 0 Å². The molecule has 0 radical (unpaired) electrons. The zero-order valence-corrected chi connectivity index (χ0v) is 16.2. The first-order valence-corrected chi connectivity index (χ1v) is 9.52. The first kappa shape index (κ1) is 17.0. The largest absolute Gasteiger partial charge is 0.361 e. The molecule has 0 saturated heterocycles. The molecule has 0 saturated carbocycles. The van der Waals surface area contributed by atoms with Crippen molar-refractivity contribution in [1.29, 1.82) is 0 Å². The maximum absolute atomic E-state index is 3.44. The summed E-state index contributed by atoms with van der Waals surface area (Å²) in [5.74, 6) is 0. The van der Waals surface area contributed by atoms with Gasteiger partial charge in [-0.05, 0) is 53.0 Å². The van der Waals surface area contributed by atoms with Gasteiger partial charge < -0.3 is 9.97 Å². The Morgan fingerprint density at radius 3 is 2.08 bits per heavy atom. The molecular weight excluding hydrogens is 316 g/mol. The molecule has 0 aliphatic rings. The summed E-state index contributed by atoms with van der Waals surface area (Å²) < 4.78 is 0. The molecule has 134 valence electrons. The Kier molecular flexibility index (Phi) is 3.95. The van der Waals surface area contributed by atoms with Crippen LogP contribution in [0.2, 0.25) is 0 Å². The van der Waals surface area contributed by atoms with Crippen molar-refractivity contribution in [3.05, 3.63) is 72.1 Å². The minimum Gasteiger partial charge on any atom is -0.361 e. The smallest absolute Gasteiger partial charge is 0.0457 e. The fraction of sp³-hybridized carbons (Fsp3) is 0.333. The molecule has 2 aromatic carbocycles. The van der Waals surface area contributed by atoms with Crippen LogP contribution >= 0.6 is 0 Å². The molecule has 2 heteroatoms. The maximum Gasteiger partial charge on any atom is 0.0457 e. The van der Waals surface area contributed by atoms with Crippen molar-refractivity contribution < 1.29 is 0 Å². The van der Waals surface area contributed by atoms with E-state index in [1.807, 2.05) is 6.20 Å². The van der Waals surface area contributed by atoms with Gasteiger partial charge in [0.15, 0.2) is 0 Å². The Hall–Kier alpha value is -2.48. The summed E-state index contributed by atoms with van der Waals surface area (Å²) in [6.45, 7) is 9.49. The van der Waals surface area contributed by atoms with E-state index in [1.165, 1.54) is 32.9 Å². The number of fused-ring (bicyclic) bond motifs is 2. The fourth-order valence-corrected chi connectivity index (χ4v) is 4.20. The minimum absolute atomic E-state index is 0.128. The molecule has 0 unspecified atom stereocenters. The van der Waals surface area contributed by atoms with Crippen LogP contribution in [0.4, 0.5) is 0 Å². The second-order valence-electron chi connectivity index (χ2n) is 8.76. The predicted molar refractivity (Wildman–Crippen MR) is 112 cm³/mol. The van der Waals surface area contributed by atoms with Crippen LogP contribution in [0, 0.1) is 0 Å². The molecule has 26 heavy (non-hydrogen) atoms. The van der Waals surface area contributed by atoms with E-state index in [2.05, 4.69) is 92.4 Å². The lowest BCUT2D eigenvalue weighted by Crippen LogP contribution is -2.24. The SMILES string of the molecule is CC(C)(CCC(C)(C)c1c[nH]c2ccccc12)c1cccc2[nH]ccc12. The monoisotopic (exact) mass is 344 g/mol. The van der Waals surface area contributed by atoms with Gasteiger partial charge in [0, 0.05) is 34.2 Å². The van der Waals surface area contributed by atoms with E-state index >= 15 is 0 Å². The Morgan fingerprint density at radius 1 is 0.654 bits per heavy atom. The molecule has 0 atom stereocenters. The Morgan fingerprint density at radius 2 is 1.27 bits per heavy atom. The summed E-state index contributed by atoms with van der Waals surface area (Å²) in [6.07, 6.45) is 6.52. The highest BCUT2D eigenvalue weighted by atomic mass is 14.7. The summed E-state index contributed by atoms with van der Waals surface area (Å²) in [6, 6.07) is 17.4. The summed E-state index contributed by atoms with van der Waals surface area (Å²) in [5, 5.41) is 2.70. The lowest BCUT2D eigenvalue weighted by Gasteiger charge is -2.32. The Bertz CT molecular complexity index is 1050. The zero-order valence-electron chi connectivity index (χ0n) is 16.2. The van der Waals surface area contributed by atoms with Crippen LogP contribution in [0.3, 0.4) is 0 Å². The summed E-state index contributed by atoms with van der Waals surface area (Å²) in [7, 11) is 0. The highest BCUT2D eigenvalue weighted by molar-refractivity contribution is 5.85. The van der Waals surface area contributed by atoms with Crippen LogP contribution < -0.4 is 0 Å². The van der Waals surface area contributed by atoms with Crippen molar-refractivity contribution in [2.24, 2.45) is 0 Å². The molecule has 2 aromatic heterocycles. The fourth-order valence-electron chi connectivity index (χ4n) is 4.20. The Balaban J connectivity index is 1.62. The van der Waals surface area contributed by atoms with Crippen LogP contribution in [0.25, 0.3) is 21.8 Å². The average molecular weight is 345 g/mol. The van der Waals surface area contributed by atoms with Crippen LogP contribution in [0.15, 0.2) is 60.9 Å². The van der Waals surface area contributed by atoms with Crippen molar-refractivity contribution >= 4 is 21.8 Å². The number of benzene rings is 2. The second-order valence-corrected chi connectivity index (χ2v) is 8.76. The van der Waals surface area contributed by atoms with Crippen molar-refractivity contribution in [2.75, 3.05) is 0 Å². The molecule has 0 spiro atoms. The molecule has 2 N–H and O–H groups in total. The molecule has 4 aromatic rings. The first-order valence-electron chi connectivity index (χ1n) is 9.52. The molecule has 0 fully saturated rings. The van der Waals surface area contributed by atoms with Gasteiger partial charge in [-0.1, -0.05) is 58.0 Å². The third-order valence-electron chi connectivity index (χ3n) is 6.02. The molecule has 2 heterocycles. The third-order valence-corrected chi connectivity index (χ3v) is 6.02. The number of aromatic amines is 2. The van der Waals surface area contributed by atoms with E-state index in [0.717, 1.165) is 12.8 Å². The number of nitrogens with one attached hydrogen (secondary N) is 2.